The van der Waals surface area contributed by atoms with Crippen LogP contribution in [0.15, 0.2) is 54.6 Å². The fraction of sp³-hybridized carbons (Fsp3) is 0.375. The molecule has 154 valence electrons. The summed E-state index contributed by atoms with van der Waals surface area (Å²) >= 11 is 8.16. The van der Waals surface area contributed by atoms with E-state index in [1.54, 1.807) is 0 Å². The monoisotopic (exact) mass is 438 g/mol. The van der Waals surface area contributed by atoms with E-state index in [-0.39, 0.29) is 17.9 Å². The van der Waals surface area contributed by atoms with Crippen LogP contribution in [0.4, 0.5) is 0 Å². The predicted molar refractivity (Wildman–Crippen MR) is 121 cm³/mol. The number of hydrogen-bond acceptors (Lipinski definition) is 4. The van der Waals surface area contributed by atoms with Crippen LogP contribution < -0.4 is 0 Å². The molecule has 6 rings (SSSR count). The van der Waals surface area contributed by atoms with Gasteiger partial charge in [-0.05, 0) is 42.1 Å². The molecule has 30 heavy (non-hydrogen) atoms. The van der Waals surface area contributed by atoms with Crippen LogP contribution in [0.1, 0.15) is 30.1 Å². The molecule has 0 amide bonds. The Labute approximate surface area is 185 Å². The molecule has 2 aromatic carbocycles. The maximum atomic E-state index is 13.7. The first kappa shape index (κ1) is 18.8. The standard InChI is InChI=1S/C24H23ClN2O2S/c1-2-29-23(28)24-13-26-18-6-4-3-5-16(18)11-19(26)22(24)27-14-30-12-20(27)21(24)15-7-9-17(25)10-8-15/h3-11,20-22H,2,12-14H2,1H3/t20?,21-,22-,24?/m0/s1. The van der Waals surface area contributed by atoms with E-state index in [1.165, 1.54) is 22.2 Å². The SMILES string of the molecule is CCOC(=O)C12Cn3c(cc4ccccc43)[C@@H]1N1CSCC1[C@@H]2c1ccc(Cl)cc1. The van der Waals surface area contributed by atoms with Gasteiger partial charge in [0.25, 0.3) is 0 Å². The smallest absolute Gasteiger partial charge is 0.316 e. The van der Waals surface area contributed by atoms with E-state index in [4.69, 9.17) is 16.3 Å². The van der Waals surface area contributed by atoms with Crippen molar-refractivity contribution in [1.29, 1.82) is 0 Å². The molecule has 0 saturated carbocycles. The van der Waals surface area contributed by atoms with E-state index >= 15 is 0 Å². The molecule has 1 aromatic heterocycles. The van der Waals surface area contributed by atoms with E-state index in [0.29, 0.717) is 19.2 Å². The van der Waals surface area contributed by atoms with Gasteiger partial charge in [-0.3, -0.25) is 9.69 Å². The van der Waals surface area contributed by atoms with Gasteiger partial charge in [-0.1, -0.05) is 41.9 Å². The molecule has 0 bridgehead atoms. The van der Waals surface area contributed by atoms with Crippen molar-refractivity contribution in [1.82, 2.24) is 9.47 Å². The van der Waals surface area contributed by atoms with E-state index in [0.717, 1.165) is 16.7 Å². The number of fused-ring (bicyclic) bond motifs is 7. The first-order valence-corrected chi connectivity index (χ1v) is 12.0. The number of nitrogens with zero attached hydrogens (tertiary/aromatic N) is 2. The second-order valence-corrected chi connectivity index (χ2v) is 9.92. The highest BCUT2D eigenvalue weighted by Crippen LogP contribution is 2.65. The number of esters is 1. The number of carbonyl (C=O) groups is 1. The van der Waals surface area contributed by atoms with Gasteiger partial charge in [0.2, 0.25) is 0 Å². The van der Waals surface area contributed by atoms with Gasteiger partial charge in [0, 0.05) is 46.4 Å². The second-order valence-electron chi connectivity index (χ2n) is 8.49. The molecule has 2 saturated heterocycles. The van der Waals surface area contributed by atoms with E-state index < -0.39 is 5.41 Å². The number of thioether (sulfide) groups is 1. The summed E-state index contributed by atoms with van der Waals surface area (Å²) in [6, 6.07) is 19.2. The molecule has 6 heteroatoms. The summed E-state index contributed by atoms with van der Waals surface area (Å²) in [5.41, 5.74) is 3.01. The summed E-state index contributed by atoms with van der Waals surface area (Å²) in [7, 11) is 0. The third kappa shape index (κ3) is 2.37. The zero-order chi connectivity index (χ0) is 20.5. The molecule has 4 heterocycles. The third-order valence-electron chi connectivity index (χ3n) is 7.14. The highest BCUT2D eigenvalue weighted by atomic mass is 35.5. The summed E-state index contributed by atoms with van der Waals surface area (Å²) in [6.45, 7) is 2.96. The lowest BCUT2D eigenvalue weighted by Gasteiger charge is -2.34. The second kappa shape index (κ2) is 6.78. The van der Waals surface area contributed by atoms with Crippen LogP contribution in [0, 0.1) is 5.41 Å². The maximum absolute atomic E-state index is 13.7. The largest absolute Gasteiger partial charge is 0.465 e. The normalized spacial score (nSPS) is 29.7. The fourth-order valence-electron chi connectivity index (χ4n) is 6.11. The fourth-order valence-corrected chi connectivity index (χ4v) is 7.51. The average molecular weight is 439 g/mol. The number of carbonyl (C=O) groups excluding carboxylic acids is 1. The molecule has 0 radical (unpaired) electrons. The van der Waals surface area contributed by atoms with Crippen molar-refractivity contribution in [3.05, 3.63) is 70.9 Å². The summed E-state index contributed by atoms with van der Waals surface area (Å²) < 4.78 is 8.13. The minimum absolute atomic E-state index is 0.0321. The van der Waals surface area contributed by atoms with Gasteiger partial charge in [0.05, 0.1) is 12.6 Å². The Morgan fingerprint density at radius 1 is 1.23 bits per heavy atom. The molecule has 0 spiro atoms. The predicted octanol–water partition coefficient (Wildman–Crippen LogP) is 5.07. The first-order valence-electron chi connectivity index (χ1n) is 10.5. The van der Waals surface area contributed by atoms with Crippen molar-refractivity contribution in [2.45, 2.75) is 31.5 Å². The molecule has 3 aromatic rings. The first-order chi connectivity index (χ1) is 14.6. The van der Waals surface area contributed by atoms with Gasteiger partial charge >= 0.3 is 5.97 Å². The lowest BCUT2D eigenvalue weighted by molar-refractivity contribution is -0.158. The van der Waals surface area contributed by atoms with Crippen LogP contribution >= 0.6 is 23.4 Å². The topological polar surface area (TPSA) is 34.5 Å². The number of halogens is 1. The minimum atomic E-state index is -0.616. The number of rotatable bonds is 3. The average Bonchev–Trinajstić information content (AvgIpc) is 3.46. The van der Waals surface area contributed by atoms with Gasteiger partial charge in [-0.25, -0.2) is 0 Å². The number of hydrogen-bond donors (Lipinski definition) is 0. The molecule has 0 N–H and O–H groups in total. The van der Waals surface area contributed by atoms with E-state index in [1.807, 2.05) is 30.8 Å². The molecule has 2 unspecified atom stereocenters. The molecule has 2 fully saturated rings. The number of aromatic nitrogens is 1. The lowest BCUT2D eigenvalue weighted by Crippen LogP contribution is -2.41. The van der Waals surface area contributed by atoms with Crippen molar-refractivity contribution < 1.29 is 9.53 Å². The lowest BCUT2D eigenvalue weighted by atomic mass is 9.69. The molecule has 3 aliphatic rings. The zero-order valence-electron chi connectivity index (χ0n) is 16.8. The Balaban J connectivity index is 1.59. The summed E-state index contributed by atoms with van der Waals surface area (Å²) in [6.07, 6.45) is 0. The van der Waals surface area contributed by atoms with Crippen molar-refractivity contribution in [2.24, 2.45) is 5.41 Å². The molecule has 4 nitrogen and oxygen atoms in total. The summed E-state index contributed by atoms with van der Waals surface area (Å²) in [5.74, 6) is 1.99. The van der Waals surface area contributed by atoms with Gasteiger partial charge in [0.15, 0.2) is 0 Å². The van der Waals surface area contributed by atoms with Crippen LogP contribution in [0.2, 0.25) is 5.02 Å². The van der Waals surface area contributed by atoms with Crippen molar-refractivity contribution in [2.75, 3.05) is 18.2 Å². The molecule has 0 aliphatic carbocycles. The quantitative estimate of drug-likeness (QED) is 0.534. The van der Waals surface area contributed by atoms with E-state index in [2.05, 4.69) is 51.9 Å². The zero-order valence-corrected chi connectivity index (χ0v) is 18.3. The Morgan fingerprint density at radius 2 is 2.03 bits per heavy atom. The van der Waals surface area contributed by atoms with E-state index in [9.17, 15) is 4.79 Å². The van der Waals surface area contributed by atoms with Crippen LogP contribution in [0.25, 0.3) is 10.9 Å². The molecule has 4 atom stereocenters. The van der Waals surface area contributed by atoms with Crippen LogP contribution in [-0.4, -0.2) is 39.7 Å². The van der Waals surface area contributed by atoms with Gasteiger partial charge in [0.1, 0.15) is 5.41 Å². The highest BCUT2D eigenvalue weighted by Gasteiger charge is 2.69. The Hall–Kier alpha value is -1.95. The Bertz CT molecular complexity index is 1140. The van der Waals surface area contributed by atoms with Crippen molar-refractivity contribution >= 4 is 40.2 Å². The van der Waals surface area contributed by atoms with Gasteiger partial charge in [-0.2, -0.15) is 0 Å². The Kier molecular flexibility index (Phi) is 4.24. The van der Waals surface area contributed by atoms with Crippen LogP contribution in [0.5, 0.6) is 0 Å². The summed E-state index contributed by atoms with van der Waals surface area (Å²) in [5, 5.41) is 1.96. The minimum Gasteiger partial charge on any atom is -0.465 e. The maximum Gasteiger partial charge on any atom is 0.316 e. The number of para-hydroxylation sites is 1. The Morgan fingerprint density at radius 3 is 2.83 bits per heavy atom. The molecule has 3 aliphatic heterocycles. The summed E-state index contributed by atoms with van der Waals surface area (Å²) in [4.78, 5) is 16.3. The van der Waals surface area contributed by atoms with Gasteiger partial charge in [-0.15, -0.1) is 11.8 Å². The van der Waals surface area contributed by atoms with Crippen LogP contribution in [-0.2, 0) is 16.1 Å². The van der Waals surface area contributed by atoms with Crippen molar-refractivity contribution in [3.8, 4) is 0 Å². The number of benzene rings is 2. The highest BCUT2D eigenvalue weighted by molar-refractivity contribution is 7.99. The number of ether oxygens (including phenoxy) is 1. The van der Waals surface area contributed by atoms with Gasteiger partial charge < -0.3 is 9.30 Å². The van der Waals surface area contributed by atoms with Crippen molar-refractivity contribution in [3.63, 3.8) is 0 Å². The molecular formula is C24H23ClN2O2S. The van der Waals surface area contributed by atoms with Crippen LogP contribution in [0.3, 0.4) is 0 Å². The molecular weight excluding hydrogens is 416 g/mol. The third-order valence-corrected chi connectivity index (χ3v) is 8.45.